The predicted octanol–water partition coefficient (Wildman–Crippen LogP) is 0.468. The zero-order chi connectivity index (χ0) is 9.23. The summed E-state index contributed by atoms with van der Waals surface area (Å²) in [7, 11) is 3.73. The lowest BCUT2D eigenvalue weighted by Crippen LogP contribution is -2.31. The normalized spacial score (nSPS) is 13.2. The van der Waals surface area contributed by atoms with Gasteiger partial charge >= 0.3 is 0 Å². The molecule has 12 heavy (non-hydrogen) atoms. The lowest BCUT2D eigenvalue weighted by molar-refractivity contribution is 0.197. The van der Waals surface area contributed by atoms with Crippen LogP contribution in [0.1, 0.15) is 13.3 Å². The maximum Gasteiger partial charge on any atom is 0.0587 e. The average Bonchev–Trinajstić information content (AvgIpc) is 2.10. The van der Waals surface area contributed by atoms with Gasteiger partial charge in [0, 0.05) is 13.7 Å². The molecule has 0 aromatic carbocycles. The van der Waals surface area contributed by atoms with Gasteiger partial charge in [-0.3, -0.25) is 0 Å². The van der Waals surface area contributed by atoms with Crippen molar-refractivity contribution in [3.63, 3.8) is 0 Å². The quantitative estimate of drug-likeness (QED) is 0.525. The van der Waals surface area contributed by atoms with Gasteiger partial charge in [0.1, 0.15) is 0 Å². The fourth-order valence-electron chi connectivity index (χ4n) is 1.13. The molecule has 0 bridgehead atoms. The van der Waals surface area contributed by atoms with E-state index >= 15 is 0 Å². The van der Waals surface area contributed by atoms with E-state index in [9.17, 15) is 0 Å². The Kier molecular flexibility index (Phi) is 8.88. The Morgan fingerprint density at radius 2 is 2.08 bits per heavy atom. The van der Waals surface area contributed by atoms with Crippen molar-refractivity contribution in [2.24, 2.45) is 5.92 Å². The minimum absolute atomic E-state index is 0.742. The summed E-state index contributed by atoms with van der Waals surface area (Å²) in [5.74, 6) is 0.742. The van der Waals surface area contributed by atoms with Gasteiger partial charge in [-0.05, 0) is 26.1 Å². The van der Waals surface area contributed by atoms with E-state index in [1.807, 2.05) is 7.05 Å². The Balaban J connectivity index is 3.19. The van der Waals surface area contributed by atoms with E-state index in [2.05, 4.69) is 17.6 Å². The molecule has 1 atom stereocenters. The first-order chi connectivity index (χ1) is 5.85. The predicted molar refractivity (Wildman–Crippen MR) is 52.5 cm³/mol. The Labute approximate surface area is 75.9 Å². The SMILES string of the molecule is CCC(CNC)CNCCOC. The number of methoxy groups -OCH3 is 1. The molecule has 0 radical (unpaired) electrons. The molecule has 0 amide bonds. The van der Waals surface area contributed by atoms with Gasteiger partial charge in [0.25, 0.3) is 0 Å². The number of nitrogens with one attached hydrogen (secondary N) is 2. The molecule has 0 aromatic rings. The maximum absolute atomic E-state index is 4.94. The van der Waals surface area contributed by atoms with Crippen LogP contribution in [0.25, 0.3) is 0 Å². The average molecular weight is 174 g/mol. The summed E-state index contributed by atoms with van der Waals surface area (Å²) < 4.78 is 4.94. The van der Waals surface area contributed by atoms with Gasteiger partial charge in [-0.15, -0.1) is 0 Å². The highest BCUT2D eigenvalue weighted by Gasteiger charge is 2.02. The molecule has 0 aliphatic carbocycles. The highest BCUT2D eigenvalue weighted by molar-refractivity contribution is 4.62. The fraction of sp³-hybridized carbons (Fsp3) is 1.00. The van der Waals surface area contributed by atoms with Crippen LogP contribution in [0, 0.1) is 5.92 Å². The molecule has 0 aliphatic heterocycles. The van der Waals surface area contributed by atoms with E-state index in [-0.39, 0.29) is 0 Å². The number of hydrogen-bond acceptors (Lipinski definition) is 3. The Bertz CT molecular complexity index is 88.6. The summed E-state index contributed by atoms with van der Waals surface area (Å²) >= 11 is 0. The van der Waals surface area contributed by atoms with Gasteiger partial charge in [-0.1, -0.05) is 13.3 Å². The van der Waals surface area contributed by atoms with Gasteiger partial charge in [-0.25, -0.2) is 0 Å². The Hall–Kier alpha value is -0.120. The molecule has 0 fully saturated rings. The van der Waals surface area contributed by atoms with Crippen molar-refractivity contribution in [1.29, 1.82) is 0 Å². The lowest BCUT2D eigenvalue weighted by atomic mass is 10.1. The van der Waals surface area contributed by atoms with Crippen LogP contribution < -0.4 is 10.6 Å². The largest absolute Gasteiger partial charge is 0.383 e. The zero-order valence-electron chi connectivity index (χ0n) is 8.52. The summed E-state index contributed by atoms with van der Waals surface area (Å²) in [6.45, 7) is 6.16. The van der Waals surface area contributed by atoms with Crippen LogP contribution >= 0.6 is 0 Å². The van der Waals surface area contributed by atoms with Crippen molar-refractivity contribution in [2.45, 2.75) is 13.3 Å². The van der Waals surface area contributed by atoms with Crippen LogP contribution in [0.4, 0.5) is 0 Å². The van der Waals surface area contributed by atoms with Crippen LogP contribution in [-0.2, 0) is 4.74 Å². The molecule has 1 unspecified atom stereocenters. The standard InChI is InChI=1S/C9H22N2O/c1-4-9(7-10-2)8-11-5-6-12-3/h9-11H,4-8H2,1-3H3. The molecule has 0 rings (SSSR count). The molecule has 0 aliphatic rings. The molecule has 0 heterocycles. The summed E-state index contributed by atoms with van der Waals surface area (Å²) in [4.78, 5) is 0. The van der Waals surface area contributed by atoms with Gasteiger partial charge < -0.3 is 15.4 Å². The van der Waals surface area contributed by atoms with E-state index in [1.54, 1.807) is 7.11 Å². The first kappa shape index (κ1) is 11.9. The summed E-state index contributed by atoms with van der Waals surface area (Å²) in [6, 6.07) is 0. The second kappa shape index (κ2) is 8.97. The smallest absolute Gasteiger partial charge is 0.0587 e. The van der Waals surface area contributed by atoms with E-state index in [4.69, 9.17) is 4.74 Å². The maximum atomic E-state index is 4.94. The first-order valence-electron chi connectivity index (χ1n) is 4.69. The molecule has 74 valence electrons. The molecule has 0 saturated carbocycles. The zero-order valence-corrected chi connectivity index (χ0v) is 8.52. The van der Waals surface area contributed by atoms with Crippen LogP contribution in [-0.4, -0.2) is 40.4 Å². The van der Waals surface area contributed by atoms with Crippen molar-refractivity contribution in [2.75, 3.05) is 40.4 Å². The topological polar surface area (TPSA) is 33.3 Å². The third-order valence-corrected chi connectivity index (χ3v) is 1.99. The minimum atomic E-state index is 0.742. The molecule has 3 heteroatoms. The fourth-order valence-corrected chi connectivity index (χ4v) is 1.13. The van der Waals surface area contributed by atoms with Crippen molar-refractivity contribution in [1.82, 2.24) is 10.6 Å². The number of rotatable bonds is 8. The van der Waals surface area contributed by atoms with E-state index < -0.39 is 0 Å². The van der Waals surface area contributed by atoms with Gasteiger partial charge in [0.2, 0.25) is 0 Å². The first-order valence-corrected chi connectivity index (χ1v) is 4.69. The van der Waals surface area contributed by atoms with Crippen molar-refractivity contribution >= 4 is 0 Å². The second-order valence-corrected chi connectivity index (χ2v) is 3.03. The molecular formula is C9H22N2O. The molecule has 0 saturated heterocycles. The van der Waals surface area contributed by atoms with Crippen molar-refractivity contribution in [3.8, 4) is 0 Å². The van der Waals surface area contributed by atoms with Crippen molar-refractivity contribution in [3.05, 3.63) is 0 Å². The van der Waals surface area contributed by atoms with Crippen LogP contribution in [0.3, 0.4) is 0 Å². The van der Waals surface area contributed by atoms with E-state index in [1.165, 1.54) is 6.42 Å². The van der Waals surface area contributed by atoms with Crippen LogP contribution in [0.2, 0.25) is 0 Å². The third-order valence-electron chi connectivity index (χ3n) is 1.99. The van der Waals surface area contributed by atoms with E-state index in [0.717, 1.165) is 32.2 Å². The summed E-state index contributed by atoms with van der Waals surface area (Å²) in [5.41, 5.74) is 0. The molecule has 2 N–H and O–H groups in total. The molecule has 0 spiro atoms. The van der Waals surface area contributed by atoms with Crippen LogP contribution in [0.15, 0.2) is 0 Å². The van der Waals surface area contributed by atoms with Gasteiger partial charge in [-0.2, -0.15) is 0 Å². The summed E-state index contributed by atoms with van der Waals surface area (Å²) in [6.07, 6.45) is 1.22. The molecule has 0 aromatic heterocycles. The van der Waals surface area contributed by atoms with E-state index in [0.29, 0.717) is 0 Å². The lowest BCUT2D eigenvalue weighted by Gasteiger charge is -2.14. The number of ether oxygens (including phenoxy) is 1. The van der Waals surface area contributed by atoms with Crippen LogP contribution in [0.5, 0.6) is 0 Å². The molecular weight excluding hydrogens is 152 g/mol. The number of hydrogen-bond donors (Lipinski definition) is 2. The van der Waals surface area contributed by atoms with Gasteiger partial charge in [0.15, 0.2) is 0 Å². The second-order valence-electron chi connectivity index (χ2n) is 3.03. The monoisotopic (exact) mass is 174 g/mol. The summed E-state index contributed by atoms with van der Waals surface area (Å²) in [5, 5.41) is 6.55. The highest BCUT2D eigenvalue weighted by atomic mass is 16.5. The van der Waals surface area contributed by atoms with Gasteiger partial charge in [0.05, 0.1) is 6.61 Å². The molecule has 3 nitrogen and oxygen atoms in total. The Morgan fingerprint density at radius 3 is 2.58 bits per heavy atom. The minimum Gasteiger partial charge on any atom is -0.383 e. The third kappa shape index (κ3) is 6.58. The Morgan fingerprint density at radius 1 is 1.33 bits per heavy atom. The highest BCUT2D eigenvalue weighted by Crippen LogP contribution is 1.97. The van der Waals surface area contributed by atoms with Crippen molar-refractivity contribution < 1.29 is 4.74 Å².